The highest BCUT2D eigenvalue weighted by atomic mass is 32.1. The van der Waals surface area contributed by atoms with E-state index in [1.165, 1.54) is 11.3 Å². The van der Waals surface area contributed by atoms with Crippen LogP contribution in [0, 0.1) is 0 Å². The molecule has 5 heteroatoms. The van der Waals surface area contributed by atoms with E-state index in [9.17, 15) is 4.79 Å². The van der Waals surface area contributed by atoms with Gasteiger partial charge in [0.2, 0.25) is 0 Å². The molecular formula is C13H12N2OS2. The van der Waals surface area contributed by atoms with Crippen molar-refractivity contribution < 1.29 is 4.79 Å². The fourth-order valence-corrected chi connectivity index (χ4v) is 2.29. The van der Waals surface area contributed by atoms with Gasteiger partial charge >= 0.3 is 0 Å². The van der Waals surface area contributed by atoms with Crippen LogP contribution >= 0.6 is 23.6 Å². The van der Waals surface area contributed by atoms with Crippen LogP contribution in [-0.2, 0) is 6.42 Å². The lowest BCUT2D eigenvalue weighted by Crippen LogP contribution is -2.12. The number of nitrogens with one attached hydrogen (secondary N) is 1. The third kappa shape index (κ3) is 3.38. The molecule has 0 aliphatic heterocycles. The Morgan fingerprint density at radius 3 is 2.56 bits per heavy atom. The molecule has 1 aromatic carbocycles. The van der Waals surface area contributed by atoms with Crippen LogP contribution in [-0.4, -0.2) is 10.9 Å². The number of hydrogen-bond donors (Lipinski definition) is 2. The smallest absolute Gasteiger partial charge is 0.265 e. The van der Waals surface area contributed by atoms with E-state index in [-0.39, 0.29) is 5.91 Å². The molecule has 3 N–H and O–H groups in total. The van der Waals surface area contributed by atoms with Crippen LogP contribution in [0.2, 0.25) is 0 Å². The van der Waals surface area contributed by atoms with Crippen molar-refractivity contribution in [2.24, 2.45) is 5.73 Å². The van der Waals surface area contributed by atoms with Gasteiger partial charge in [0, 0.05) is 12.1 Å². The summed E-state index contributed by atoms with van der Waals surface area (Å²) in [6.45, 7) is 0. The number of benzene rings is 1. The molecule has 0 unspecified atom stereocenters. The zero-order chi connectivity index (χ0) is 13.0. The fourth-order valence-electron chi connectivity index (χ4n) is 1.51. The maximum atomic E-state index is 11.8. The Labute approximate surface area is 115 Å². The average molecular weight is 276 g/mol. The standard InChI is InChI=1S/C13H12N2OS2/c14-12(17)8-9-3-5-10(6-4-9)15-13(16)11-2-1-7-18-11/h1-7H,8H2,(H2,14,17)(H,15,16). The molecule has 1 aromatic heterocycles. The lowest BCUT2D eigenvalue weighted by Gasteiger charge is -2.05. The van der Waals surface area contributed by atoms with Crippen LogP contribution in [0.3, 0.4) is 0 Å². The number of nitrogens with two attached hydrogens (primary N) is 1. The fraction of sp³-hybridized carbons (Fsp3) is 0.0769. The molecule has 0 aliphatic rings. The number of carbonyl (C=O) groups excluding carboxylic acids is 1. The molecule has 2 aromatic rings. The van der Waals surface area contributed by atoms with E-state index in [4.69, 9.17) is 18.0 Å². The van der Waals surface area contributed by atoms with Gasteiger partial charge in [-0.25, -0.2) is 0 Å². The quantitative estimate of drug-likeness (QED) is 0.844. The second kappa shape index (κ2) is 5.75. The largest absolute Gasteiger partial charge is 0.393 e. The Balaban J connectivity index is 2.02. The molecule has 0 saturated heterocycles. The van der Waals surface area contributed by atoms with Crippen LogP contribution in [0.1, 0.15) is 15.2 Å². The van der Waals surface area contributed by atoms with Crippen LogP contribution in [0.4, 0.5) is 5.69 Å². The summed E-state index contributed by atoms with van der Waals surface area (Å²) in [5.41, 5.74) is 7.27. The Kier molecular flexibility index (Phi) is 4.07. The predicted octanol–water partition coefficient (Wildman–Crippen LogP) is 2.83. The zero-order valence-corrected chi connectivity index (χ0v) is 11.2. The molecule has 3 nitrogen and oxygen atoms in total. The number of rotatable bonds is 4. The first-order valence-corrected chi connectivity index (χ1v) is 6.66. The SMILES string of the molecule is NC(=S)Cc1ccc(NC(=O)c2cccs2)cc1. The summed E-state index contributed by atoms with van der Waals surface area (Å²) in [6.07, 6.45) is 0.578. The minimum absolute atomic E-state index is 0.0907. The summed E-state index contributed by atoms with van der Waals surface area (Å²) < 4.78 is 0. The van der Waals surface area contributed by atoms with Crippen molar-refractivity contribution >= 4 is 40.1 Å². The third-order valence-electron chi connectivity index (χ3n) is 2.34. The summed E-state index contributed by atoms with van der Waals surface area (Å²) >= 11 is 6.26. The van der Waals surface area contributed by atoms with E-state index in [1.807, 2.05) is 35.7 Å². The minimum atomic E-state index is -0.0907. The topological polar surface area (TPSA) is 55.1 Å². The van der Waals surface area contributed by atoms with Crippen molar-refractivity contribution in [2.75, 3.05) is 5.32 Å². The summed E-state index contributed by atoms with van der Waals surface area (Å²) in [5, 5.41) is 4.71. The number of thiocarbonyl (C=S) groups is 1. The van der Waals surface area contributed by atoms with Gasteiger partial charge in [0.1, 0.15) is 0 Å². The molecule has 0 fully saturated rings. The maximum Gasteiger partial charge on any atom is 0.265 e. The molecule has 92 valence electrons. The number of carbonyl (C=O) groups is 1. The van der Waals surface area contributed by atoms with Gasteiger partial charge in [-0.3, -0.25) is 4.79 Å². The van der Waals surface area contributed by atoms with Gasteiger partial charge in [-0.1, -0.05) is 30.4 Å². The Hall–Kier alpha value is -1.72. The van der Waals surface area contributed by atoms with E-state index < -0.39 is 0 Å². The van der Waals surface area contributed by atoms with Crippen LogP contribution in [0.15, 0.2) is 41.8 Å². The van der Waals surface area contributed by atoms with Gasteiger partial charge in [-0.15, -0.1) is 11.3 Å². The summed E-state index contributed by atoms with van der Waals surface area (Å²) in [7, 11) is 0. The maximum absolute atomic E-state index is 11.8. The molecule has 18 heavy (non-hydrogen) atoms. The summed E-state index contributed by atoms with van der Waals surface area (Å²) in [6, 6.07) is 11.1. The van der Waals surface area contributed by atoms with Crippen LogP contribution in [0.5, 0.6) is 0 Å². The number of thiophene rings is 1. The van der Waals surface area contributed by atoms with Gasteiger partial charge in [0.05, 0.1) is 9.87 Å². The summed E-state index contributed by atoms with van der Waals surface area (Å²) in [4.78, 5) is 13.0. The summed E-state index contributed by atoms with van der Waals surface area (Å²) in [5.74, 6) is -0.0907. The highest BCUT2D eigenvalue weighted by Gasteiger charge is 2.06. The Bertz CT molecular complexity index is 547. The Morgan fingerprint density at radius 1 is 1.28 bits per heavy atom. The van der Waals surface area contributed by atoms with Crippen molar-refractivity contribution in [3.63, 3.8) is 0 Å². The molecule has 0 saturated carbocycles. The zero-order valence-electron chi connectivity index (χ0n) is 9.55. The normalized spacial score (nSPS) is 10.0. The van der Waals surface area contributed by atoms with Crippen molar-refractivity contribution in [2.45, 2.75) is 6.42 Å². The molecule has 0 atom stereocenters. The van der Waals surface area contributed by atoms with Crippen LogP contribution in [0.25, 0.3) is 0 Å². The molecule has 2 rings (SSSR count). The van der Waals surface area contributed by atoms with E-state index in [0.717, 1.165) is 11.3 Å². The number of amides is 1. The first-order chi connectivity index (χ1) is 8.65. The first kappa shape index (κ1) is 12.7. The predicted molar refractivity (Wildman–Crippen MR) is 79.2 cm³/mol. The van der Waals surface area contributed by atoms with Gasteiger partial charge < -0.3 is 11.1 Å². The molecule has 1 heterocycles. The van der Waals surface area contributed by atoms with Crippen molar-refractivity contribution in [3.05, 3.63) is 52.2 Å². The average Bonchev–Trinajstić information content (AvgIpc) is 2.84. The first-order valence-electron chi connectivity index (χ1n) is 5.37. The second-order valence-electron chi connectivity index (χ2n) is 3.77. The lowest BCUT2D eigenvalue weighted by molar-refractivity contribution is 0.103. The van der Waals surface area contributed by atoms with Gasteiger partial charge in [0.15, 0.2) is 0 Å². The third-order valence-corrected chi connectivity index (χ3v) is 3.35. The molecule has 1 amide bonds. The van der Waals surface area contributed by atoms with E-state index in [1.54, 1.807) is 6.07 Å². The highest BCUT2D eigenvalue weighted by Crippen LogP contribution is 2.14. The lowest BCUT2D eigenvalue weighted by atomic mass is 10.1. The molecule has 0 radical (unpaired) electrons. The van der Waals surface area contributed by atoms with Gasteiger partial charge in [-0.2, -0.15) is 0 Å². The minimum Gasteiger partial charge on any atom is -0.393 e. The van der Waals surface area contributed by atoms with Gasteiger partial charge in [0.25, 0.3) is 5.91 Å². The van der Waals surface area contributed by atoms with E-state index in [0.29, 0.717) is 16.3 Å². The van der Waals surface area contributed by atoms with E-state index >= 15 is 0 Å². The molecule has 0 aliphatic carbocycles. The number of hydrogen-bond acceptors (Lipinski definition) is 3. The second-order valence-corrected chi connectivity index (χ2v) is 5.24. The highest BCUT2D eigenvalue weighted by molar-refractivity contribution is 7.80. The monoisotopic (exact) mass is 276 g/mol. The van der Waals surface area contributed by atoms with Crippen molar-refractivity contribution in [1.82, 2.24) is 0 Å². The Morgan fingerprint density at radius 2 is 2.00 bits per heavy atom. The van der Waals surface area contributed by atoms with Gasteiger partial charge in [-0.05, 0) is 29.1 Å². The number of anilines is 1. The molecule has 0 spiro atoms. The van der Waals surface area contributed by atoms with Crippen molar-refractivity contribution in [3.8, 4) is 0 Å². The molecule has 0 bridgehead atoms. The van der Waals surface area contributed by atoms with Crippen molar-refractivity contribution in [1.29, 1.82) is 0 Å². The van der Waals surface area contributed by atoms with E-state index in [2.05, 4.69) is 5.32 Å². The molecular weight excluding hydrogens is 264 g/mol. The van der Waals surface area contributed by atoms with Crippen LogP contribution < -0.4 is 11.1 Å².